The Hall–Kier alpha value is -2.45. The summed E-state index contributed by atoms with van der Waals surface area (Å²) in [7, 11) is 4.02. The van der Waals surface area contributed by atoms with Crippen LogP contribution in [0.5, 0.6) is 0 Å². The van der Waals surface area contributed by atoms with Gasteiger partial charge in [0.2, 0.25) is 0 Å². The number of aromatic nitrogens is 1. The van der Waals surface area contributed by atoms with Gasteiger partial charge >= 0.3 is 6.18 Å². The number of hydrogen-bond donors (Lipinski definition) is 1. The molecule has 4 nitrogen and oxygen atoms in total. The molecule has 28 heavy (non-hydrogen) atoms. The molecular weight excluding hydrogens is 387 g/mol. The Morgan fingerprint density at radius 1 is 1.14 bits per heavy atom. The summed E-state index contributed by atoms with van der Waals surface area (Å²) in [4.78, 5) is 19.0. The highest BCUT2D eigenvalue weighted by molar-refractivity contribution is 7.20. The highest BCUT2D eigenvalue weighted by Gasteiger charge is 2.33. The number of pyridine rings is 1. The monoisotopic (exact) mass is 407 g/mol. The molecule has 0 aliphatic carbocycles. The summed E-state index contributed by atoms with van der Waals surface area (Å²) in [6.45, 7) is 2.65. The molecule has 3 rings (SSSR count). The van der Waals surface area contributed by atoms with E-state index in [0.29, 0.717) is 21.5 Å². The Balaban J connectivity index is 1.78. The quantitative estimate of drug-likeness (QED) is 0.649. The largest absolute Gasteiger partial charge is 0.433 e. The molecule has 1 amide bonds. The van der Waals surface area contributed by atoms with Crippen molar-refractivity contribution in [2.75, 3.05) is 26.0 Å². The van der Waals surface area contributed by atoms with Crippen LogP contribution in [0.2, 0.25) is 0 Å². The first-order valence-electron chi connectivity index (χ1n) is 8.67. The number of aryl methyl sites for hydroxylation is 1. The molecule has 0 bridgehead atoms. The predicted molar refractivity (Wildman–Crippen MR) is 106 cm³/mol. The summed E-state index contributed by atoms with van der Waals surface area (Å²) in [5.41, 5.74) is 1.47. The van der Waals surface area contributed by atoms with Crippen LogP contribution < -0.4 is 5.32 Å². The molecule has 0 fully saturated rings. The third kappa shape index (κ3) is 4.51. The Morgan fingerprint density at radius 2 is 1.82 bits per heavy atom. The van der Waals surface area contributed by atoms with Gasteiger partial charge in [0.15, 0.2) is 0 Å². The van der Waals surface area contributed by atoms with Crippen molar-refractivity contribution in [3.63, 3.8) is 0 Å². The highest BCUT2D eigenvalue weighted by atomic mass is 32.1. The van der Waals surface area contributed by atoms with E-state index in [-0.39, 0.29) is 10.7 Å². The van der Waals surface area contributed by atoms with Crippen LogP contribution >= 0.6 is 11.3 Å². The lowest BCUT2D eigenvalue weighted by atomic mass is 10.1. The van der Waals surface area contributed by atoms with Gasteiger partial charge in [0.1, 0.15) is 10.5 Å². The number of benzene rings is 1. The number of alkyl halides is 3. The third-order valence-electron chi connectivity index (χ3n) is 4.36. The van der Waals surface area contributed by atoms with Crippen molar-refractivity contribution in [2.45, 2.75) is 19.5 Å². The van der Waals surface area contributed by atoms with Crippen molar-refractivity contribution in [3.05, 3.63) is 58.1 Å². The third-order valence-corrected chi connectivity index (χ3v) is 5.56. The van der Waals surface area contributed by atoms with Gasteiger partial charge in [-0.3, -0.25) is 4.79 Å². The Labute approximate surface area is 165 Å². The summed E-state index contributed by atoms with van der Waals surface area (Å²) in [6, 6.07) is 9.86. The molecule has 0 radical (unpaired) electrons. The molecule has 0 aliphatic heterocycles. The van der Waals surface area contributed by atoms with Crippen LogP contribution in [-0.4, -0.2) is 36.4 Å². The number of likely N-dealkylation sites (N-methyl/N-ethyl adjacent to an activating group) is 1. The van der Waals surface area contributed by atoms with Crippen LogP contribution in [0.1, 0.15) is 26.5 Å². The molecular formula is C20H20F3N3OS. The van der Waals surface area contributed by atoms with Crippen molar-refractivity contribution in [1.82, 2.24) is 9.88 Å². The van der Waals surface area contributed by atoms with Crippen LogP contribution in [0.15, 0.2) is 36.4 Å². The van der Waals surface area contributed by atoms with Gasteiger partial charge in [-0.1, -0.05) is 12.1 Å². The molecule has 0 unspecified atom stereocenters. The van der Waals surface area contributed by atoms with E-state index in [9.17, 15) is 18.0 Å². The molecule has 1 aromatic carbocycles. The lowest BCUT2D eigenvalue weighted by Crippen LogP contribution is -2.15. The smallest absolute Gasteiger partial charge is 0.321 e. The average molecular weight is 407 g/mol. The lowest BCUT2D eigenvalue weighted by Gasteiger charge is -2.10. The first-order chi connectivity index (χ1) is 13.1. The van der Waals surface area contributed by atoms with E-state index < -0.39 is 11.9 Å². The SMILES string of the molecule is Cc1c(C(=O)Nc2ccc(CCN(C)C)cc2)sc2nc(C(F)(F)F)ccc12. The first-order valence-corrected chi connectivity index (χ1v) is 9.49. The summed E-state index contributed by atoms with van der Waals surface area (Å²) in [5.74, 6) is -0.352. The van der Waals surface area contributed by atoms with Crippen molar-refractivity contribution < 1.29 is 18.0 Å². The average Bonchev–Trinajstić information content (AvgIpc) is 2.97. The van der Waals surface area contributed by atoms with E-state index in [1.807, 2.05) is 38.4 Å². The van der Waals surface area contributed by atoms with Crippen LogP contribution in [0, 0.1) is 6.92 Å². The molecule has 1 N–H and O–H groups in total. The molecule has 2 heterocycles. The summed E-state index contributed by atoms with van der Waals surface area (Å²) in [6.07, 6.45) is -3.60. The zero-order valence-electron chi connectivity index (χ0n) is 15.7. The van der Waals surface area contributed by atoms with Gasteiger partial charge in [0.05, 0.1) is 4.88 Å². The second-order valence-electron chi connectivity index (χ2n) is 6.81. The standard InChI is InChI=1S/C20H20F3N3OS/c1-12-15-8-9-16(20(21,22)23)25-19(15)28-17(12)18(27)24-14-6-4-13(5-7-14)10-11-26(2)3/h4-9H,10-11H2,1-3H3,(H,24,27). The van der Waals surface area contributed by atoms with Gasteiger partial charge in [0, 0.05) is 17.6 Å². The zero-order chi connectivity index (χ0) is 20.5. The van der Waals surface area contributed by atoms with Gasteiger partial charge in [-0.2, -0.15) is 13.2 Å². The number of amides is 1. The van der Waals surface area contributed by atoms with Gasteiger partial charge in [-0.25, -0.2) is 4.98 Å². The normalized spacial score (nSPS) is 12.0. The van der Waals surface area contributed by atoms with Crippen molar-refractivity contribution in [2.24, 2.45) is 0 Å². The maximum atomic E-state index is 12.9. The summed E-state index contributed by atoms with van der Waals surface area (Å²) in [5, 5.41) is 3.37. The second kappa shape index (κ2) is 7.89. The van der Waals surface area contributed by atoms with Crippen LogP contribution in [0.4, 0.5) is 18.9 Å². The fraction of sp³-hybridized carbons (Fsp3) is 0.300. The minimum atomic E-state index is -4.51. The minimum absolute atomic E-state index is 0.205. The maximum absolute atomic E-state index is 12.9. The fourth-order valence-electron chi connectivity index (χ4n) is 2.77. The van der Waals surface area contributed by atoms with Crippen molar-refractivity contribution >= 4 is 33.1 Å². The summed E-state index contributed by atoms with van der Waals surface area (Å²) < 4.78 is 38.6. The number of nitrogens with zero attached hydrogens (tertiary/aromatic N) is 2. The molecule has 8 heteroatoms. The molecule has 148 valence electrons. The van der Waals surface area contributed by atoms with Crippen molar-refractivity contribution in [3.8, 4) is 0 Å². The number of hydrogen-bond acceptors (Lipinski definition) is 4. The fourth-order valence-corrected chi connectivity index (χ4v) is 3.84. The number of anilines is 1. The first kappa shape index (κ1) is 20.3. The topological polar surface area (TPSA) is 45.2 Å². The van der Waals surface area contributed by atoms with E-state index >= 15 is 0 Å². The molecule has 0 aliphatic rings. The lowest BCUT2D eigenvalue weighted by molar-refractivity contribution is -0.140. The molecule has 2 aromatic heterocycles. The van der Waals surface area contributed by atoms with Gasteiger partial charge in [-0.15, -0.1) is 11.3 Å². The van der Waals surface area contributed by atoms with E-state index in [2.05, 4.69) is 15.2 Å². The van der Waals surface area contributed by atoms with Gasteiger partial charge < -0.3 is 10.2 Å². The van der Waals surface area contributed by atoms with Crippen LogP contribution in [0.25, 0.3) is 10.2 Å². The highest BCUT2D eigenvalue weighted by Crippen LogP contribution is 2.34. The van der Waals surface area contributed by atoms with Gasteiger partial charge in [0.25, 0.3) is 5.91 Å². The van der Waals surface area contributed by atoms with E-state index in [0.717, 1.165) is 35.9 Å². The van der Waals surface area contributed by atoms with Gasteiger partial charge in [-0.05, 0) is 62.8 Å². The van der Waals surface area contributed by atoms with Crippen LogP contribution in [-0.2, 0) is 12.6 Å². The second-order valence-corrected chi connectivity index (χ2v) is 7.81. The van der Waals surface area contributed by atoms with E-state index in [4.69, 9.17) is 0 Å². The number of fused-ring (bicyclic) bond motifs is 1. The van der Waals surface area contributed by atoms with Crippen LogP contribution in [0.3, 0.4) is 0 Å². The minimum Gasteiger partial charge on any atom is -0.321 e. The van der Waals surface area contributed by atoms with E-state index in [1.54, 1.807) is 6.92 Å². The Morgan fingerprint density at radius 3 is 2.43 bits per heavy atom. The Kier molecular flexibility index (Phi) is 5.71. The van der Waals surface area contributed by atoms with E-state index in [1.165, 1.54) is 6.07 Å². The molecule has 0 saturated carbocycles. The number of halogens is 3. The Bertz CT molecular complexity index is 994. The predicted octanol–water partition coefficient (Wildman–Crippen LogP) is 4.98. The molecule has 0 spiro atoms. The number of carbonyl (C=O) groups is 1. The number of thiophene rings is 1. The molecule has 3 aromatic rings. The molecule has 0 saturated heterocycles. The number of nitrogens with one attached hydrogen (secondary N) is 1. The van der Waals surface area contributed by atoms with Crippen molar-refractivity contribution in [1.29, 1.82) is 0 Å². The molecule has 0 atom stereocenters. The number of rotatable bonds is 5. The maximum Gasteiger partial charge on any atom is 0.433 e. The number of carbonyl (C=O) groups excluding carboxylic acids is 1. The summed E-state index contributed by atoms with van der Waals surface area (Å²) >= 11 is 0.967. The zero-order valence-corrected chi connectivity index (χ0v) is 16.5.